The third-order valence-corrected chi connectivity index (χ3v) is 8.94. The van der Waals surface area contributed by atoms with Crippen LogP contribution in [0, 0.1) is 11.7 Å². The van der Waals surface area contributed by atoms with Gasteiger partial charge in [0.15, 0.2) is 5.82 Å². The normalized spacial score (nSPS) is 13.8. The Morgan fingerprint density at radius 2 is 1.86 bits per heavy atom. The Labute approximate surface area is 252 Å². The second kappa shape index (κ2) is 10.9. The van der Waals surface area contributed by atoms with Crippen LogP contribution in [0.5, 0.6) is 0 Å². The molecule has 7 rings (SSSR count). The number of pyridine rings is 2. The molecule has 0 unspecified atom stereocenters. The highest BCUT2D eigenvalue weighted by Crippen LogP contribution is 2.34. The molecule has 3 N–H and O–H groups in total. The van der Waals surface area contributed by atoms with Crippen molar-refractivity contribution in [2.24, 2.45) is 5.92 Å². The number of aryl methyl sites for hydroxylation is 1. The zero-order valence-corrected chi connectivity index (χ0v) is 24.6. The highest BCUT2D eigenvalue weighted by atomic mass is 32.2. The number of imidazole rings is 1. The number of H-pyrrole nitrogens is 2. The molecule has 2 aromatic carbocycles. The third kappa shape index (κ3) is 5.55. The van der Waals surface area contributed by atoms with Crippen LogP contribution >= 0.6 is 0 Å². The van der Waals surface area contributed by atoms with Gasteiger partial charge in [-0.2, -0.15) is 5.10 Å². The first-order chi connectivity index (χ1) is 21.2. The van der Waals surface area contributed by atoms with E-state index in [1.54, 1.807) is 30.7 Å². The molecule has 6 aromatic rings. The van der Waals surface area contributed by atoms with Crippen LogP contribution in [0.1, 0.15) is 24.8 Å². The minimum absolute atomic E-state index is 0.0323. The number of hydrogen-bond donors (Lipinski definition) is 3. The molecule has 0 atom stereocenters. The Hall–Kier alpha value is -4.97. The summed E-state index contributed by atoms with van der Waals surface area (Å²) in [5.41, 5.74) is 6.57. The van der Waals surface area contributed by atoms with Gasteiger partial charge in [0.1, 0.15) is 26.9 Å². The van der Waals surface area contributed by atoms with Crippen LogP contribution < -0.4 is 5.32 Å². The van der Waals surface area contributed by atoms with E-state index in [1.807, 2.05) is 24.3 Å². The number of anilines is 1. The van der Waals surface area contributed by atoms with Crippen molar-refractivity contribution in [3.8, 4) is 33.9 Å². The van der Waals surface area contributed by atoms with Crippen molar-refractivity contribution in [2.45, 2.75) is 25.7 Å². The number of carbonyl (C=O) groups is 1. The number of aromatic nitrogens is 6. The van der Waals surface area contributed by atoms with Crippen molar-refractivity contribution in [1.29, 1.82) is 0 Å². The number of amides is 1. The van der Waals surface area contributed by atoms with Crippen LogP contribution in [0.3, 0.4) is 0 Å². The number of halogens is 1. The summed E-state index contributed by atoms with van der Waals surface area (Å²) in [6.07, 6.45) is 9.30. The predicted molar refractivity (Wildman–Crippen MR) is 167 cm³/mol. The van der Waals surface area contributed by atoms with Gasteiger partial charge in [-0.15, -0.1) is 0 Å². The fourth-order valence-electron chi connectivity index (χ4n) is 5.45. The lowest BCUT2D eigenvalue weighted by Crippen LogP contribution is -2.28. The van der Waals surface area contributed by atoms with Crippen molar-refractivity contribution < 1.29 is 17.6 Å². The summed E-state index contributed by atoms with van der Waals surface area (Å²) in [6, 6.07) is 14.0. The first kappa shape index (κ1) is 27.8. The third-order valence-electron chi connectivity index (χ3n) is 8.00. The van der Waals surface area contributed by atoms with Gasteiger partial charge in [0.2, 0.25) is 5.91 Å². The second-order valence-corrected chi connectivity index (χ2v) is 13.5. The maximum Gasteiger partial charge on any atom is 0.227 e. The van der Waals surface area contributed by atoms with Crippen molar-refractivity contribution in [3.05, 3.63) is 78.5 Å². The topological polar surface area (TPSA) is 146 Å². The second-order valence-electron chi connectivity index (χ2n) is 11.3. The monoisotopic (exact) mass is 609 g/mol. The number of benzene rings is 2. The highest BCUT2D eigenvalue weighted by Gasteiger charge is 2.25. The number of hydrogen-bond acceptors (Lipinski definition) is 7. The fourth-order valence-corrected chi connectivity index (χ4v) is 6.05. The minimum Gasteiger partial charge on any atom is -0.336 e. The van der Waals surface area contributed by atoms with Crippen molar-refractivity contribution in [3.63, 3.8) is 0 Å². The zero-order valence-electron chi connectivity index (χ0n) is 23.8. The van der Waals surface area contributed by atoms with Gasteiger partial charge in [-0.3, -0.25) is 19.9 Å². The Morgan fingerprint density at radius 1 is 1.00 bits per heavy atom. The van der Waals surface area contributed by atoms with E-state index in [4.69, 9.17) is 4.98 Å². The summed E-state index contributed by atoms with van der Waals surface area (Å²) in [4.78, 5) is 29.5. The molecule has 0 bridgehead atoms. The number of rotatable bonds is 8. The van der Waals surface area contributed by atoms with Crippen molar-refractivity contribution in [1.82, 2.24) is 30.1 Å². The lowest BCUT2D eigenvalue weighted by Gasteiger charge is -2.24. The molecule has 0 spiro atoms. The first-order valence-corrected chi connectivity index (χ1v) is 16.3. The van der Waals surface area contributed by atoms with Crippen molar-refractivity contribution >= 4 is 43.4 Å². The van der Waals surface area contributed by atoms with E-state index >= 15 is 0 Å². The van der Waals surface area contributed by atoms with E-state index in [2.05, 4.69) is 30.5 Å². The number of sulfone groups is 1. The molecule has 0 radical (unpaired) electrons. The summed E-state index contributed by atoms with van der Waals surface area (Å²) < 4.78 is 38.0. The molecule has 4 heterocycles. The molecule has 4 aromatic heterocycles. The quantitative estimate of drug-likeness (QED) is 0.201. The van der Waals surface area contributed by atoms with Crippen LogP contribution in [0.15, 0.2) is 67.1 Å². The molecule has 0 aliphatic heterocycles. The number of nitrogens with zero attached hydrogens (tertiary/aromatic N) is 4. The summed E-state index contributed by atoms with van der Waals surface area (Å²) in [5, 5.41) is 11.4. The van der Waals surface area contributed by atoms with Gasteiger partial charge in [-0.05, 0) is 72.9 Å². The van der Waals surface area contributed by atoms with Gasteiger partial charge in [-0.1, -0.05) is 12.5 Å². The molecule has 1 fully saturated rings. The highest BCUT2D eigenvalue weighted by molar-refractivity contribution is 7.90. The Balaban J connectivity index is 1.23. The predicted octanol–water partition coefficient (Wildman–Crippen LogP) is 5.70. The van der Waals surface area contributed by atoms with Crippen LogP contribution in [0.2, 0.25) is 0 Å². The molecule has 0 saturated heterocycles. The Kier molecular flexibility index (Phi) is 6.92. The Bertz CT molecular complexity index is 2170. The number of nitrogens with one attached hydrogen (secondary N) is 3. The van der Waals surface area contributed by atoms with E-state index in [-0.39, 0.29) is 24.0 Å². The maximum absolute atomic E-state index is 14.6. The number of carbonyl (C=O) groups excluding carboxylic acids is 1. The molecule has 12 heteroatoms. The van der Waals surface area contributed by atoms with E-state index in [9.17, 15) is 17.6 Å². The number of fused-ring (bicyclic) bond motifs is 2. The van der Waals surface area contributed by atoms with Crippen LogP contribution in [0.4, 0.5) is 10.1 Å². The van der Waals surface area contributed by atoms with Gasteiger partial charge in [0.05, 0.1) is 34.4 Å². The average Bonchev–Trinajstić information content (AvgIpc) is 3.58. The molecule has 222 valence electrons. The maximum atomic E-state index is 14.6. The number of aromatic amines is 2. The minimum atomic E-state index is -3.20. The largest absolute Gasteiger partial charge is 0.336 e. The van der Waals surface area contributed by atoms with Gasteiger partial charge >= 0.3 is 0 Å². The SMILES string of the molecule is CS(=O)(=O)CCc1cc(F)cc(-c2nccc3[nH]c(-c4n[nH]c5ccc(-c6cncc(NC(=O)C7CCC7)c6)cc45)nc23)c1. The van der Waals surface area contributed by atoms with Gasteiger partial charge in [0, 0.05) is 41.1 Å². The van der Waals surface area contributed by atoms with Gasteiger partial charge in [-0.25, -0.2) is 17.8 Å². The fraction of sp³-hybridized carbons (Fsp3) is 0.219. The molecule has 1 amide bonds. The van der Waals surface area contributed by atoms with Crippen LogP contribution in [-0.2, 0) is 21.1 Å². The summed E-state index contributed by atoms with van der Waals surface area (Å²) in [7, 11) is -3.20. The lowest BCUT2D eigenvalue weighted by molar-refractivity contribution is -0.122. The summed E-state index contributed by atoms with van der Waals surface area (Å²) in [6.45, 7) is 0. The molecular formula is C32H28FN7O3S. The van der Waals surface area contributed by atoms with E-state index in [0.717, 1.165) is 47.5 Å². The standard InChI is InChI=1S/C32H28FN7O3S/c1-44(42,43)10-8-18-11-21(13-23(33)12-18)28-30-27(7-9-35-28)37-31(38-30)29-25-15-20(5-6-26(25)39-40-29)22-14-24(17-34-16-22)36-32(41)19-3-2-4-19/h5-7,9,11-17,19H,2-4,8,10H2,1H3,(H,36,41)(H,37,38)(H,39,40). The lowest BCUT2D eigenvalue weighted by atomic mass is 9.85. The van der Waals surface area contributed by atoms with Crippen LogP contribution in [0.25, 0.3) is 55.8 Å². The zero-order chi connectivity index (χ0) is 30.4. The van der Waals surface area contributed by atoms with Crippen LogP contribution in [-0.4, -0.2) is 56.5 Å². The Morgan fingerprint density at radius 3 is 2.66 bits per heavy atom. The molecular weight excluding hydrogens is 581 g/mol. The van der Waals surface area contributed by atoms with Gasteiger partial charge in [0.25, 0.3) is 0 Å². The van der Waals surface area contributed by atoms with E-state index < -0.39 is 15.7 Å². The molecule has 1 aliphatic rings. The van der Waals surface area contributed by atoms with E-state index in [0.29, 0.717) is 45.1 Å². The summed E-state index contributed by atoms with van der Waals surface area (Å²) in [5.74, 6) is 0.0540. The molecule has 44 heavy (non-hydrogen) atoms. The molecule has 1 saturated carbocycles. The molecule has 1 aliphatic carbocycles. The van der Waals surface area contributed by atoms with Crippen molar-refractivity contribution in [2.75, 3.05) is 17.3 Å². The first-order valence-electron chi connectivity index (χ1n) is 14.3. The summed E-state index contributed by atoms with van der Waals surface area (Å²) >= 11 is 0. The molecule has 10 nitrogen and oxygen atoms in total. The van der Waals surface area contributed by atoms with Gasteiger partial charge < -0.3 is 10.3 Å². The average molecular weight is 610 g/mol. The smallest absolute Gasteiger partial charge is 0.227 e. The van der Waals surface area contributed by atoms with E-state index in [1.165, 1.54) is 12.1 Å².